The summed E-state index contributed by atoms with van der Waals surface area (Å²) in [4.78, 5) is 0. The fourth-order valence-corrected chi connectivity index (χ4v) is 6.86. The van der Waals surface area contributed by atoms with Gasteiger partial charge < -0.3 is 28.4 Å². The third-order valence-corrected chi connectivity index (χ3v) is 9.61. The third kappa shape index (κ3) is 7.80. The molecule has 4 rings (SSSR count). The second-order valence-corrected chi connectivity index (χ2v) is 12.1. The van der Waals surface area contributed by atoms with Gasteiger partial charge in [0.2, 0.25) is 0 Å². The fourth-order valence-electron chi connectivity index (χ4n) is 4.88. The predicted molar refractivity (Wildman–Crippen MR) is 178 cm³/mol. The number of rotatable bonds is 14. The average Bonchev–Trinajstić information content (AvgIpc) is 3.08. The Morgan fingerprint density at radius 3 is 1.13 bits per heavy atom. The molecular formula is C36H38O8S. The van der Waals surface area contributed by atoms with Crippen LogP contribution in [0, 0.1) is 0 Å². The van der Waals surface area contributed by atoms with Gasteiger partial charge in [0.25, 0.3) is 0 Å². The van der Waals surface area contributed by atoms with E-state index >= 15 is 0 Å². The van der Waals surface area contributed by atoms with E-state index < -0.39 is 20.3 Å². The zero-order valence-corrected chi connectivity index (χ0v) is 27.0. The van der Waals surface area contributed by atoms with Gasteiger partial charge in [-0.15, -0.1) is 0 Å². The Balaban J connectivity index is 1.84. The molecule has 8 nitrogen and oxygen atoms in total. The lowest BCUT2D eigenvalue weighted by atomic mass is 10.1. The Labute approximate surface area is 265 Å². The van der Waals surface area contributed by atoms with Gasteiger partial charge in [-0.3, -0.25) is 0 Å². The van der Waals surface area contributed by atoms with Crippen molar-refractivity contribution in [3.63, 3.8) is 0 Å². The second kappa shape index (κ2) is 15.2. The first-order valence-electron chi connectivity index (χ1n) is 14.1. The number of benzene rings is 4. The van der Waals surface area contributed by atoms with Crippen molar-refractivity contribution in [3.8, 4) is 34.5 Å². The second-order valence-electron chi connectivity index (χ2n) is 9.92. The highest BCUT2D eigenvalue weighted by Crippen LogP contribution is 2.39. The monoisotopic (exact) mass is 630 g/mol. The van der Waals surface area contributed by atoms with Crippen molar-refractivity contribution in [1.29, 1.82) is 0 Å². The highest BCUT2D eigenvalue weighted by atomic mass is 32.2. The van der Waals surface area contributed by atoms with Gasteiger partial charge in [0.05, 0.1) is 42.7 Å². The van der Waals surface area contributed by atoms with Gasteiger partial charge >= 0.3 is 0 Å². The van der Waals surface area contributed by atoms with Crippen LogP contribution in [0.4, 0.5) is 0 Å². The van der Waals surface area contributed by atoms with E-state index in [1.807, 2.05) is 12.1 Å². The van der Waals surface area contributed by atoms with Crippen molar-refractivity contribution in [2.24, 2.45) is 0 Å². The molecule has 0 radical (unpaired) electrons. The van der Waals surface area contributed by atoms with Crippen molar-refractivity contribution >= 4 is 22.0 Å². The van der Waals surface area contributed by atoms with Crippen LogP contribution < -0.4 is 28.4 Å². The highest BCUT2D eigenvalue weighted by molar-refractivity contribution is 7.92. The normalized spacial score (nSPS) is 12.9. The first-order valence-corrected chi connectivity index (χ1v) is 15.7. The highest BCUT2D eigenvalue weighted by Gasteiger charge is 2.33. The smallest absolute Gasteiger partial charge is 0.171 e. The van der Waals surface area contributed by atoms with E-state index in [0.717, 1.165) is 11.1 Å². The Bertz CT molecular complexity index is 1600. The van der Waals surface area contributed by atoms with Gasteiger partial charge in [-0.1, -0.05) is 60.7 Å². The summed E-state index contributed by atoms with van der Waals surface area (Å²) in [5.41, 5.74) is 2.68. The zero-order chi connectivity index (χ0) is 32.4. The van der Waals surface area contributed by atoms with Crippen LogP contribution in [-0.2, 0) is 9.84 Å². The lowest BCUT2D eigenvalue weighted by Gasteiger charge is -2.22. The predicted octanol–water partition coefficient (Wildman–Crippen LogP) is 7.36. The van der Waals surface area contributed by atoms with Crippen molar-refractivity contribution in [2.75, 3.05) is 42.7 Å². The minimum atomic E-state index is -3.97. The van der Waals surface area contributed by atoms with E-state index in [1.165, 1.54) is 0 Å². The molecule has 236 valence electrons. The molecule has 2 unspecified atom stereocenters. The van der Waals surface area contributed by atoms with E-state index in [0.29, 0.717) is 45.6 Å². The maximum Gasteiger partial charge on any atom is 0.171 e. The molecule has 0 aliphatic rings. The molecule has 4 aromatic carbocycles. The van der Waals surface area contributed by atoms with E-state index in [4.69, 9.17) is 28.4 Å². The first kappa shape index (κ1) is 33.0. The number of sulfone groups is 1. The SMILES string of the molecule is COc1ccc(C(/C=C/c2ccc(OC)c(OC)c2)S(=O)(=O)C(/C=C/c2ccc(OC)c(OC)c2)c2ccc(OC)cc2)cc1. The van der Waals surface area contributed by atoms with Crippen LogP contribution in [0.15, 0.2) is 97.1 Å². The summed E-state index contributed by atoms with van der Waals surface area (Å²) in [6.45, 7) is 0. The van der Waals surface area contributed by atoms with E-state index in [2.05, 4.69) is 0 Å². The lowest BCUT2D eigenvalue weighted by Crippen LogP contribution is -2.19. The van der Waals surface area contributed by atoms with Crippen molar-refractivity contribution in [1.82, 2.24) is 0 Å². The molecule has 0 heterocycles. The van der Waals surface area contributed by atoms with Crippen LogP contribution in [-0.4, -0.2) is 51.1 Å². The van der Waals surface area contributed by atoms with Crippen molar-refractivity contribution < 1.29 is 36.8 Å². The molecule has 0 bridgehead atoms. The van der Waals surface area contributed by atoms with Gasteiger partial charge in [0, 0.05) is 0 Å². The Hall–Kier alpha value is -4.89. The van der Waals surface area contributed by atoms with E-state index in [9.17, 15) is 8.42 Å². The number of ether oxygens (including phenoxy) is 6. The zero-order valence-electron chi connectivity index (χ0n) is 26.2. The summed E-state index contributed by atoms with van der Waals surface area (Å²) >= 11 is 0. The minimum Gasteiger partial charge on any atom is -0.497 e. The summed E-state index contributed by atoms with van der Waals surface area (Å²) in [5, 5.41) is -2.03. The molecule has 45 heavy (non-hydrogen) atoms. The maximum atomic E-state index is 14.8. The van der Waals surface area contributed by atoms with Crippen LogP contribution >= 0.6 is 0 Å². The molecule has 0 aliphatic heterocycles. The molecule has 0 aliphatic carbocycles. The van der Waals surface area contributed by atoms with Gasteiger partial charge in [-0.25, -0.2) is 8.42 Å². The third-order valence-electron chi connectivity index (χ3n) is 7.34. The van der Waals surface area contributed by atoms with Gasteiger partial charge in [-0.05, 0) is 70.8 Å². The quantitative estimate of drug-likeness (QED) is 0.143. The Morgan fingerprint density at radius 1 is 0.467 bits per heavy atom. The first-order chi connectivity index (χ1) is 21.8. The summed E-state index contributed by atoms with van der Waals surface area (Å²) in [5.74, 6) is 3.48. The maximum absolute atomic E-state index is 14.8. The minimum absolute atomic E-state index is 0.539. The fraction of sp³-hybridized carbons (Fsp3) is 0.222. The van der Waals surface area contributed by atoms with E-state index in [-0.39, 0.29) is 0 Å². The Morgan fingerprint density at radius 2 is 0.822 bits per heavy atom. The molecular weight excluding hydrogens is 592 g/mol. The van der Waals surface area contributed by atoms with Crippen molar-refractivity contribution in [3.05, 3.63) is 119 Å². The molecule has 0 saturated carbocycles. The largest absolute Gasteiger partial charge is 0.497 e. The molecule has 0 spiro atoms. The summed E-state index contributed by atoms with van der Waals surface area (Å²) in [6, 6.07) is 24.9. The lowest BCUT2D eigenvalue weighted by molar-refractivity contribution is 0.355. The summed E-state index contributed by atoms with van der Waals surface area (Å²) in [7, 11) is 5.40. The molecule has 4 aromatic rings. The number of hydrogen-bond donors (Lipinski definition) is 0. The number of hydrogen-bond acceptors (Lipinski definition) is 8. The molecule has 0 amide bonds. The summed E-state index contributed by atoms with van der Waals surface area (Å²) < 4.78 is 61.9. The summed E-state index contributed by atoms with van der Waals surface area (Å²) in [6.07, 6.45) is 6.94. The molecule has 2 atom stereocenters. The van der Waals surface area contributed by atoms with Gasteiger partial charge in [-0.2, -0.15) is 0 Å². The Kier molecular flexibility index (Phi) is 11.2. The molecule has 0 fully saturated rings. The van der Waals surface area contributed by atoms with Gasteiger partial charge in [0.15, 0.2) is 32.8 Å². The molecule has 0 aromatic heterocycles. The van der Waals surface area contributed by atoms with Crippen molar-refractivity contribution in [2.45, 2.75) is 10.5 Å². The van der Waals surface area contributed by atoms with E-state index in [1.54, 1.807) is 140 Å². The van der Waals surface area contributed by atoms with Gasteiger partial charge in [0.1, 0.15) is 22.0 Å². The molecule has 0 saturated heterocycles. The number of methoxy groups -OCH3 is 6. The average molecular weight is 631 g/mol. The van der Waals surface area contributed by atoms with Crippen LogP contribution in [0.3, 0.4) is 0 Å². The standard InChI is InChI=1S/C36H38O8S/c1-39-29-15-11-27(12-16-29)35(21-9-25-7-19-31(41-3)33(23-25)43-5)45(37,38)36(28-13-17-30(40-2)18-14-28)22-10-26-8-20-32(42-4)34(24-26)44-6/h7-24,35-36H,1-6H3/b21-9+,22-10+. The van der Waals surface area contributed by atoms with Crippen LogP contribution in [0.5, 0.6) is 34.5 Å². The molecule has 9 heteroatoms. The van der Waals surface area contributed by atoms with Crippen LogP contribution in [0.25, 0.3) is 12.2 Å². The molecule has 0 N–H and O–H groups in total. The van der Waals surface area contributed by atoms with Crippen LogP contribution in [0.2, 0.25) is 0 Å². The van der Waals surface area contributed by atoms with Crippen LogP contribution in [0.1, 0.15) is 32.8 Å². The topological polar surface area (TPSA) is 89.5 Å².